The van der Waals surface area contributed by atoms with E-state index in [1.54, 1.807) is 16.9 Å². The lowest BCUT2D eigenvalue weighted by Crippen LogP contribution is -2.91. The minimum atomic E-state index is -2.31. The van der Waals surface area contributed by atoms with Gasteiger partial charge in [0.05, 0.1) is 31.6 Å². The van der Waals surface area contributed by atoms with E-state index in [1.807, 2.05) is 0 Å². The monoisotopic (exact) mass is 831 g/mol. The van der Waals surface area contributed by atoms with Gasteiger partial charge in [-0.3, -0.25) is 4.79 Å². The number of H-pyrrole nitrogens is 1. The predicted octanol–water partition coefficient (Wildman–Crippen LogP) is 2.63. The second-order valence-electron chi connectivity index (χ2n) is 17.4. The van der Waals surface area contributed by atoms with Crippen LogP contribution in [0.1, 0.15) is 89.2 Å². The Morgan fingerprint density at radius 1 is 1.16 bits per heavy atom. The SMILES string of the molecule is C=C[C@@H]1[C@H](CC(=O)O)C(C(=O)OC)=CC[C@H]1O[C@]12O[C@@]3(CO)[C@H](CSSC[C@H](CO)CC4=c5[nH]c([C@H](C)C6CCCCC6)cc5=C5CC[C@@]1(O)[C@@H](O)[C@@]53O4)C[C@@H]2O. The molecular formula is C42H57NO12S2. The topological polar surface area (TPSA) is 208 Å². The second-order valence-corrected chi connectivity index (χ2v) is 20.0. The molecule has 1 spiro atoms. The fourth-order valence-electron chi connectivity index (χ4n) is 11.6. The lowest BCUT2D eigenvalue weighted by molar-refractivity contribution is -0.494. The summed E-state index contributed by atoms with van der Waals surface area (Å²) in [4.78, 5) is 28.7. The maximum atomic E-state index is 13.2. The molecule has 3 aliphatic carbocycles. The van der Waals surface area contributed by atoms with Crippen molar-refractivity contribution in [1.82, 2.24) is 4.98 Å². The normalized spacial score (nSPS) is 40.9. The van der Waals surface area contributed by atoms with Gasteiger partial charge in [-0.25, -0.2) is 4.79 Å². The highest BCUT2D eigenvalue weighted by molar-refractivity contribution is 8.76. The van der Waals surface area contributed by atoms with Crippen molar-refractivity contribution in [3.63, 3.8) is 0 Å². The van der Waals surface area contributed by atoms with Crippen LogP contribution in [-0.2, 0) is 28.5 Å². The maximum absolute atomic E-state index is 13.2. The Labute approximate surface area is 340 Å². The molecule has 0 unspecified atom stereocenters. The Bertz CT molecular complexity index is 1910. The fraction of sp³-hybridized carbons (Fsp3) is 0.714. The van der Waals surface area contributed by atoms with Crippen LogP contribution in [0.15, 0.2) is 30.4 Å². The lowest BCUT2D eigenvalue weighted by Gasteiger charge is -2.72. The number of hydrogen-bond acceptors (Lipinski definition) is 13. The molecule has 0 aromatic carbocycles. The van der Waals surface area contributed by atoms with Crippen molar-refractivity contribution < 1.29 is 59.2 Å². The molecule has 1 aromatic rings. The summed E-state index contributed by atoms with van der Waals surface area (Å²) in [6, 6.07) is 2.16. The smallest absolute Gasteiger partial charge is 0.333 e. The minimum absolute atomic E-state index is 0.0114. The zero-order valence-corrected chi connectivity index (χ0v) is 34.3. The standard InChI is InChI=1S/C42H57NO12S2/c1-4-26-28(17-35(47)48)27(37(49)52-3)10-11-32(26)54-42-34(46)15-25-20-57-56-19-23(18-44)14-33-36-29(16-31(43-36)22(2)24-8-6-5-7-9-24)30-12-13-39(42,51)38(50)41(30,53-33)40(25,21-45)55-42/h4,10,16,22-26,28,32,34,38,43-46,50-51H,1,5-9,11-15,17-21H2,2-3H3,(H,47,48)/t22-,23+,25+,26-,28+,32-,34+,38-,39-,40+,41+,42-/m1/s1. The summed E-state index contributed by atoms with van der Waals surface area (Å²) in [5.41, 5.74) is -3.94. The Balaban J connectivity index is 1.30. The van der Waals surface area contributed by atoms with E-state index in [4.69, 9.17) is 18.9 Å². The second kappa shape index (κ2) is 15.6. The first-order valence-electron chi connectivity index (χ1n) is 20.5. The van der Waals surface area contributed by atoms with Crippen molar-refractivity contribution in [2.45, 2.75) is 124 Å². The number of aliphatic hydroxyl groups is 5. The van der Waals surface area contributed by atoms with Gasteiger partial charge in [0.1, 0.15) is 23.6 Å². The van der Waals surface area contributed by atoms with E-state index in [2.05, 4.69) is 24.6 Å². The Morgan fingerprint density at radius 2 is 1.91 bits per heavy atom. The number of carboxylic acids is 1. The molecular weight excluding hydrogens is 775 g/mol. The van der Waals surface area contributed by atoms with Crippen molar-refractivity contribution in [3.05, 3.63) is 46.6 Å². The van der Waals surface area contributed by atoms with Crippen molar-refractivity contribution in [2.75, 3.05) is 31.8 Å². The van der Waals surface area contributed by atoms with Crippen molar-refractivity contribution in [1.29, 1.82) is 0 Å². The molecule has 13 nitrogen and oxygen atoms in total. The largest absolute Gasteiger partial charge is 0.481 e. The van der Waals surface area contributed by atoms with E-state index in [0.29, 0.717) is 35.2 Å². The van der Waals surface area contributed by atoms with E-state index >= 15 is 0 Å². The van der Waals surface area contributed by atoms with Crippen LogP contribution in [0.25, 0.3) is 11.3 Å². The number of esters is 1. The lowest BCUT2D eigenvalue weighted by atomic mass is 9.50. The number of methoxy groups -OCH3 is 1. The zero-order chi connectivity index (χ0) is 40.5. The van der Waals surface area contributed by atoms with Gasteiger partial charge in [0.2, 0.25) is 5.79 Å². The van der Waals surface area contributed by atoms with E-state index in [-0.39, 0.29) is 49.7 Å². The van der Waals surface area contributed by atoms with E-state index in [0.717, 1.165) is 29.1 Å². The number of ether oxygens (including phenoxy) is 4. The molecule has 0 amide bonds. The molecule has 15 heteroatoms. The molecule has 0 radical (unpaired) electrons. The summed E-state index contributed by atoms with van der Waals surface area (Å²) in [5.74, 6) is -4.45. The molecule has 2 saturated carbocycles. The van der Waals surface area contributed by atoms with Crippen LogP contribution in [0.4, 0.5) is 0 Å². The number of nitrogens with one attached hydrogen (secondary N) is 1. The number of aromatic nitrogens is 1. The average molecular weight is 832 g/mol. The average Bonchev–Trinajstić information content (AvgIpc) is 3.65. The quantitative estimate of drug-likeness (QED) is 0.103. The molecule has 5 fully saturated rings. The van der Waals surface area contributed by atoms with E-state index in [1.165, 1.54) is 43.2 Å². The molecule has 12 atom stereocenters. The van der Waals surface area contributed by atoms with Gasteiger partial charge in [-0.2, -0.15) is 0 Å². The molecule has 7 N–H and O–H groups in total. The van der Waals surface area contributed by atoms with Crippen LogP contribution in [0.2, 0.25) is 0 Å². The molecule has 3 saturated heterocycles. The number of aliphatic hydroxyl groups excluding tert-OH is 4. The summed E-state index contributed by atoms with van der Waals surface area (Å²) < 4.78 is 26.3. The van der Waals surface area contributed by atoms with Crippen LogP contribution in [0.5, 0.6) is 0 Å². The van der Waals surface area contributed by atoms with Gasteiger partial charge in [-0.1, -0.05) is 59.9 Å². The Morgan fingerprint density at radius 3 is 2.60 bits per heavy atom. The Kier molecular flexibility index (Phi) is 11.3. The van der Waals surface area contributed by atoms with Gasteiger partial charge < -0.3 is 54.6 Å². The molecule has 8 rings (SSSR count). The van der Waals surface area contributed by atoms with Gasteiger partial charge in [0, 0.05) is 58.8 Å². The number of fused-ring (bicyclic) bond motifs is 5. The first kappa shape index (κ1) is 41.4. The van der Waals surface area contributed by atoms with Crippen molar-refractivity contribution in [3.8, 4) is 0 Å². The van der Waals surface area contributed by atoms with Crippen molar-refractivity contribution >= 4 is 44.9 Å². The third kappa shape index (κ3) is 6.14. The fourth-order valence-corrected chi connectivity index (χ4v) is 14.5. The third-order valence-electron chi connectivity index (χ3n) is 14.7. The molecule has 4 aliphatic heterocycles. The van der Waals surface area contributed by atoms with Crippen LogP contribution in [-0.4, -0.2) is 120 Å². The van der Waals surface area contributed by atoms with Crippen LogP contribution in [0, 0.1) is 29.6 Å². The number of carboxylic acid groups (broad SMARTS) is 1. The summed E-state index contributed by atoms with van der Waals surface area (Å²) >= 11 is 0. The predicted molar refractivity (Wildman–Crippen MR) is 213 cm³/mol. The molecule has 5 heterocycles. The number of aliphatic carboxylic acids is 1. The molecule has 1 aromatic heterocycles. The zero-order valence-electron chi connectivity index (χ0n) is 32.7. The first-order chi connectivity index (χ1) is 27.3. The van der Waals surface area contributed by atoms with E-state index in [9.17, 15) is 40.2 Å². The maximum Gasteiger partial charge on any atom is 0.333 e. The van der Waals surface area contributed by atoms with Gasteiger partial charge in [0.25, 0.3) is 0 Å². The Hall–Kier alpha value is -2.34. The highest BCUT2D eigenvalue weighted by Crippen LogP contribution is 2.67. The highest BCUT2D eigenvalue weighted by Gasteiger charge is 2.84. The van der Waals surface area contributed by atoms with Crippen LogP contribution >= 0.6 is 21.6 Å². The summed E-state index contributed by atoms with van der Waals surface area (Å²) in [6.45, 7) is 5.47. The number of rotatable bonds is 10. The first-order valence-corrected chi connectivity index (χ1v) is 23.0. The van der Waals surface area contributed by atoms with E-state index < -0.39 is 83.6 Å². The summed E-state index contributed by atoms with van der Waals surface area (Å²) in [7, 11) is 4.34. The summed E-state index contributed by atoms with van der Waals surface area (Å²) in [5, 5.41) is 72.6. The van der Waals surface area contributed by atoms with Gasteiger partial charge in [-0.15, -0.1) is 6.58 Å². The third-order valence-corrected chi connectivity index (χ3v) is 17.3. The number of hydrogen-bond donors (Lipinski definition) is 7. The highest BCUT2D eigenvalue weighted by atomic mass is 33.1. The number of carbonyl (C=O) groups is 2. The molecule has 7 aliphatic rings. The van der Waals surface area contributed by atoms with Crippen LogP contribution < -0.4 is 10.6 Å². The summed E-state index contributed by atoms with van der Waals surface area (Å²) in [6.07, 6.45) is 4.79. The molecule has 57 heavy (non-hydrogen) atoms. The minimum Gasteiger partial charge on any atom is -0.481 e. The number of carbonyl (C=O) groups excluding carboxylic acids is 1. The van der Waals surface area contributed by atoms with Gasteiger partial charge >= 0.3 is 11.9 Å². The van der Waals surface area contributed by atoms with Gasteiger partial charge in [0.15, 0.2) is 11.2 Å². The van der Waals surface area contributed by atoms with Gasteiger partial charge in [-0.05, 0) is 67.9 Å². The molecule has 314 valence electrons. The van der Waals surface area contributed by atoms with Crippen molar-refractivity contribution in [2.24, 2.45) is 29.6 Å². The molecule has 5 bridgehead atoms. The number of aromatic amines is 1. The van der Waals surface area contributed by atoms with Crippen LogP contribution in [0.3, 0.4) is 0 Å².